The summed E-state index contributed by atoms with van der Waals surface area (Å²) in [4.78, 5) is 64.5. The Morgan fingerprint density at radius 2 is 1.06 bits per heavy atom. The van der Waals surface area contributed by atoms with Crippen molar-refractivity contribution in [3.63, 3.8) is 0 Å². The van der Waals surface area contributed by atoms with Crippen molar-refractivity contribution in [2.24, 2.45) is 4.99 Å². The second-order valence-corrected chi connectivity index (χ2v) is 19.0. The summed E-state index contributed by atoms with van der Waals surface area (Å²) in [6.45, 7) is 3.11. The number of rotatable bonds is 43. The van der Waals surface area contributed by atoms with Crippen LogP contribution >= 0.6 is 7.82 Å². The zero-order chi connectivity index (χ0) is 47.2. The summed E-state index contributed by atoms with van der Waals surface area (Å²) in [5.41, 5.74) is 1.39. The first-order valence-electron chi connectivity index (χ1n) is 25.4. The monoisotopic (exact) mass is 955 g/mol. The number of unbranched alkanes of at least 4 members (excludes halogenated alkanes) is 24. The summed E-state index contributed by atoms with van der Waals surface area (Å²) in [5.74, 6) is -2.10. The number of ether oxygens (including phenoxy) is 2. The Morgan fingerprint density at radius 1 is 0.621 bits per heavy atom. The fourth-order valence-electron chi connectivity index (χ4n) is 7.72. The number of phosphoric acid groups is 1. The van der Waals surface area contributed by atoms with Gasteiger partial charge in [0.25, 0.3) is 11.8 Å². The van der Waals surface area contributed by atoms with E-state index in [4.69, 9.17) is 18.5 Å². The third-order valence-electron chi connectivity index (χ3n) is 11.6. The molecule has 0 aliphatic carbocycles. The topological polar surface area (TPSA) is 181 Å². The van der Waals surface area contributed by atoms with Crippen molar-refractivity contribution in [1.82, 2.24) is 0 Å². The summed E-state index contributed by atoms with van der Waals surface area (Å²) in [5, 5.41) is 12.3. The number of aryl methyl sites for hydroxylation is 1. The van der Waals surface area contributed by atoms with Gasteiger partial charge in [0, 0.05) is 25.0 Å². The van der Waals surface area contributed by atoms with Gasteiger partial charge in [0.1, 0.15) is 6.61 Å². The summed E-state index contributed by atoms with van der Waals surface area (Å²) in [6.07, 6.45) is 33.9. The molecule has 0 saturated carbocycles. The minimum atomic E-state index is -4.63. The van der Waals surface area contributed by atoms with Crippen LogP contribution in [0.2, 0.25) is 0 Å². The van der Waals surface area contributed by atoms with Crippen LogP contribution in [0.5, 0.6) is 0 Å². The average molecular weight is 955 g/mol. The van der Waals surface area contributed by atoms with Crippen LogP contribution in [0.4, 0.5) is 5.69 Å². The molecule has 1 aromatic rings. The van der Waals surface area contributed by atoms with E-state index >= 15 is 0 Å². The molecule has 0 aromatic heterocycles. The maximum absolute atomic E-state index is 12.8. The Labute approximate surface area is 419 Å². The van der Waals surface area contributed by atoms with E-state index in [0.29, 0.717) is 31.4 Å². The number of benzene rings is 1. The number of carbonyl (C=O) groups is 4. The summed E-state index contributed by atoms with van der Waals surface area (Å²) < 4.78 is 33.9. The first-order valence-corrected chi connectivity index (χ1v) is 26.9. The van der Waals surface area contributed by atoms with E-state index in [1.165, 1.54) is 128 Å². The molecule has 1 aromatic carbocycles. The van der Waals surface area contributed by atoms with Crippen molar-refractivity contribution in [3.05, 3.63) is 42.0 Å². The van der Waals surface area contributed by atoms with E-state index in [1.54, 1.807) is 24.3 Å². The third kappa shape index (κ3) is 32.4. The maximum atomic E-state index is 12.8. The summed E-state index contributed by atoms with van der Waals surface area (Å²) in [7, 11) is -4.63. The standard InChI is InChI=1S/C51H85N2O11P.Na/c1-3-5-7-9-11-13-15-17-19-21-23-25-27-32-50(57)61-42-46(64-51(58)33-28-26-24-22-20-18-16-14-12-10-8-6-4-2)43-63-65(59,60)62-41-40-52-47(54)31-29-30-44-34-36-45(37-35-44)53-48(55)38-39-49(53)56;/h34-39,46H,3-33,40-43H2,1-2H3,(H,52,54)(H,59,60);/q;+1/p-1/t46-;/m1./s1. The Kier molecular flexibility index (Phi) is 37.8. The average Bonchev–Trinajstić information content (AvgIpc) is 3.63. The van der Waals surface area contributed by atoms with Crippen molar-refractivity contribution in [1.29, 1.82) is 0 Å². The van der Waals surface area contributed by atoms with Crippen LogP contribution in [-0.4, -0.2) is 67.0 Å². The summed E-state index contributed by atoms with van der Waals surface area (Å²) in [6, 6.07) is 6.94. The number of amides is 2. The predicted molar refractivity (Wildman–Crippen MR) is 257 cm³/mol. The summed E-state index contributed by atoms with van der Waals surface area (Å²) >= 11 is 0. The second-order valence-electron chi connectivity index (χ2n) is 17.5. The van der Waals surface area contributed by atoms with Gasteiger partial charge in [0.15, 0.2) is 6.10 Å². The number of hydrogen-bond donors (Lipinski definition) is 1. The van der Waals surface area contributed by atoms with Crippen LogP contribution in [0.3, 0.4) is 0 Å². The van der Waals surface area contributed by atoms with E-state index in [1.807, 2.05) is 0 Å². The van der Waals surface area contributed by atoms with Gasteiger partial charge < -0.3 is 24.5 Å². The van der Waals surface area contributed by atoms with Gasteiger partial charge in [-0.05, 0) is 55.7 Å². The Balaban J connectivity index is 0.0000218. The molecular weight excluding hydrogens is 871 g/mol. The molecule has 1 unspecified atom stereocenters. The molecule has 1 aliphatic rings. The minimum Gasteiger partial charge on any atom is -0.862 e. The van der Waals surface area contributed by atoms with Gasteiger partial charge in [-0.3, -0.25) is 28.2 Å². The fourth-order valence-corrected chi connectivity index (χ4v) is 8.47. The first kappa shape index (κ1) is 61.6. The van der Waals surface area contributed by atoms with E-state index < -0.39 is 50.2 Å². The molecule has 13 nitrogen and oxygen atoms in total. The molecule has 370 valence electrons. The molecular formula is C51H84N2NaO11P. The molecule has 1 heterocycles. The predicted octanol–water partition coefficient (Wildman–Crippen LogP) is 8.75. The molecule has 66 heavy (non-hydrogen) atoms. The quantitative estimate of drug-likeness (QED) is 0.0126. The number of phosphoric ester groups is 1. The number of anilines is 1. The van der Waals surface area contributed by atoms with Gasteiger partial charge in [0.2, 0.25) is 0 Å². The van der Waals surface area contributed by atoms with E-state index in [0.717, 1.165) is 49.0 Å². The van der Waals surface area contributed by atoms with Gasteiger partial charge >= 0.3 is 49.3 Å². The van der Waals surface area contributed by atoms with Crippen LogP contribution < -0.4 is 39.6 Å². The molecule has 2 atom stereocenters. The number of nitrogens with zero attached hydrogens (tertiary/aromatic N) is 2. The molecule has 0 radical (unpaired) electrons. The molecule has 0 fully saturated rings. The van der Waals surface area contributed by atoms with Crippen LogP contribution in [0.1, 0.15) is 212 Å². The van der Waals surface area contributed by atoms with E-state index in [9.17, 15) is 33.7 Å². The first-order chi connectivity index (χ1) is 31.5. The van der Waals surface area contributed by atoms with Crippen molar-refractivity contribution in [3.8, 4) is 0 Å². The molecule has 1 N–H and O–H groups in total. The minimum absolute atomic E-state index is 0. The van der Waals surface area contributed by atoms with Gasteiger partial charge in [-0.1, -0.05) is 180 Å². The van der Waals surface area contributed by atoms with Crippen LogP contribution in [0.25, 0.3) is 0 Å². The van der Waals surface area contributed by atoms with Crippen molar-refractivity contribution >= 4 is 43.2 Å². The van der Waals surface area contributed by atoms with Crippen LogP contribution in [0.15, 0.2) is 41.4 Å². The SMILES string of the molecule is CCCCCCCCCCCCCCCC(=O)OC[C@H](COP(=O)(O)OCCN=C([O-])CCCc1ccc(N2C(=O)C=CC2=O)cc1)OC(=O)CCCCCCCCCCCCCCC.[Na+]. The van der Waals surface area contributed by atoms with Gasteiger partial charge in [-0.2, -0.15) is 0 Å². The number of esters is 2. The van der Waals surface area contributed by atoms with Gasteiger partial charge in [-0.25, -0.2) is 9.46 Å². The normalized spacial score (nSPS) is 14.0. The Bertz CT molecular complexity index is 1540. The number of hydrogen-bond acceptors (Lipinski definition) is 11. The maximum Gasteiger partial charge on any atom is 1.00 e. The van der Waals surface area contributed by atoms with Crippen molar-refractivity contribution in [2.75, 3.05) is 31.3 Å². The van der Waals surface area contributed by atoms with E-state index in [-0.39, 0.29) is 68.6 Å². The van der Waals surface area contributed by atoms with Gasteiger partial charge in [-0.15, -0.1) is 0 Å². The largest absolute Gasteiger partial charge is 1.00 e. The molecule has 2 rings (SSSR count). The number of imide groups is 1. The van der Waals surface area contributed by atoms with Crippen LogP contribution in [0, 0.1) is 0 Å². The third-order valence-corrected chi connectivity index (χ3v) is 12.6. The van der Waals surface area contributed by atoms with Crippen molar-refractivity contribution < 1.29 is 81.8 Å². The Hall–Kier alpha value is -2.38. The Morgan fingerprint density at radius 3 is 1.53 bits per heavy atom. The molecule has 0 spiro atoms. The zero-order valence-corrected chi connectivity index (χ0v) is 44.1. The fraction of sp³-hybridized carbons (Fsp3) is 0.745. The molecule has 15 heteroatoms. The zero-order valence-electron chi connectivity index (χ0n) is 41.2. The smallest absolute Gasteiger partial charge is 0.862 e. The van der Waals surface area contributed by atoms with Gasteiger partial charge in [0.05, 0.1) is 25.4 Å². The van der Waals surface area contributed by atoms with Crippen molar-refractivity contribution in [2.45, 2.75) is 219 Å². The molecule has 2 amide bonds. The second kappa shape index (κ2) is 40.5. The number of aliphatic imine (C=N–C) groups is 1. The molecule has 0 saturated heterocycles. The molecule has 1 aliphatic heterocycles. The van der Waals surface area contributed by atoms with E-state index in [2.05, 4.69) is 18.8 Å². The number of carbonyl (C=O) groups excluding carboxylic acids is 4. The van der Waals surface area contributed by atoms with Crippen LogP contribution in [-0.2, 0) is 48.7 Å². The molecule has 0 bridgehead atoms.